The van der Waals surface area contributed by atoms with Crippen LogP contribution in [0.3, 0.4) is 0 Å². The van der Waals surface area contributed by atoms with Gasteiger partial charge in [0.15, 0.2) is 0 Å². The first kappa shape index (κ1) is 14.4. The third-order valence-electron chi connectivity index (χ3n) is 3.60. The fourth-order valence-corrected chi connectivity index (χ4v) is 2.84. The van der Waals surface area contributed by atoms with Crippen LogP contribution in [0.5, 0.6) is 0 Å². The number of carboxylic acids is 1. The van der Waals surface area contributed by atoms with Crippen LogP contribution in [0.1, 0.15) is 52.5 Å². The van der Waals surface area contributed by atoms with E-state index in [1.807, 2.05) is 13.8 Å². The Morgan fingerprint density at radius 2 is 1.65 bits per heavy atom. The van der Waals surface area contributed by atoms with Crippen molar-refractivity contribution in [2.75, 3.05) is 0 Å². The first-order chi connectivity index (χ1) is 9.31. The number of rotatable bonds is 3. The number of nitrogens with one attached hydrogen (secondary N) is 1. The topological polar surface area (TPSA) is 53.1 Å². The van der Waals surface area contributed by atoms with Gasteiger partial charge < -0.3 is 10.1 Å². The number of aryl methyl sites for hydroxylation is 3. The van der Waals surface area contributed by atoms with Crippen molar-refractivity contribution in [1.82, 2.24) is 4.98 Å². The zero-order chi connectivity index (χ0) is 15.0. The molecule has 0 saturated carbocycles. The van der Waals surface area contributed by atoms with Gasteiger partial charge in [-0.3, -0.25) is 0 Å². The van der Waals surface area contributed by atoms with E-state index in [-0.39, 0.29) is 5.92 Å². The molecule has 0 aliphatic carbocycles. The van der Waals surface area contributed by atoms with Crippen LogP contribution >= 0.6 is 0 Å². The zero-order valence-corrected chi connectivity index (χ0v) is 12.7. The van der Waals surface area contributed by atoms with Crippen molar-refractivity contribution in [3.8, 4) is 11.3 Å². The highest BCUT2D eigenvalue weighted by Crippen LogP contribution is 2.31. The summed E-state index contributed by atoms with van der Waals surface area (Å²) in [4.78, 5) is 14.7. The van der Waals surface area contributed by atoms with E-state index in [9.17, 15) is 9.90 Å². The van der Waals surface area contributed by atoms with Crippen molar-refractivity contribution in [3.63, 3.8) is 0 Å². The van der Waals surface area contributed by atoms with Gasteiger partial charge >= 0.3 is 5.97 Å². The molecule has 1 heterocycles. The second-order valence-electron chi connectivity index (χ2n) is 5.74. The van der Waals surface area contributed by atoms with E-state index in [1.165, 1.54) is 5.56 Å². The molecule has 0 amide bonds. The van der Waals surface area contributed by atoms with Gasteiger partial charge in [0.05, 0.1) is 5.56 Å². The van der Waals surface area contributed by atoms with Crippen LogP contribution in [0, 0.1) is 20.8 Å². The first-order valence-electron chi connectivity index (χ1n) is 6.85. The lowest BCUT2D eigenvalue weighted by Gasteiger charge is -2.10. The lowest BCUT2D eigenvalue weighted by molar-refractivity contribution is 0.0695. The number of hydrogen-bond acceptors (Lipinski definition) is 1. The molecular formula is C17H21NO2. The summed E-state index contributed by atoms with van der Waals surface area (Å²) in [5.74, 6) is -0.723. The van der Waals surface area contributed by atoms with E-state index in [0.29, 0.717) is 5.56 Å². The lowest BCUT2D eigenvalue weighted by Crippen LogP contribution is -2.01. The maximum Gasteiger partial charge on any atom is 0.337 e. The number of aromatic carboxylic acids is 1. The van der Waals surface area contributed by atoms with Crippen LogP contribution in [0.25, 0.3) is 11.3 Å². The molecule has 1 aromatic heterocycles. The van der Waals surface area contributed by atoms with E-state index < -0.39 is 5.97 Å². The summed E-state index contributed by atoms with van der Waals surface area (Å²) in [5.41, 5.74) is 6.69. The molecule has 1 aromatic carbocycles. The number of aromatic nitrogens is 1. The van der Waals surface area contributed by atoms with E-state index in [0.717, 1.165) is 28.1 Å². The molecular weight excluding hydrogens is 250 g/mol. The van der Waals surface area contributed by atoms with Gasteiger partial charge in [-0.25, -0.2) is 4.79 Å². The van der Waals surface area contributed by atoms with Crippen molar-refractivity contribution >= 4 is 5.97 Å². The summed E-state index contributed by atoms with van der Waals surface area (Å²) >= 11 is 0. The van der Waals surface area contributed by atoms with Crippen LogP contribution in [0.15, 0.2) is 18.2 Å². The molecule has 0 spiro atoms. The molecule has 0 fully saturated rings. The van der Waals surface area contributed by atoms with E-state index in [1.54, 1.807) is 6.07 Å². The molecule has 20 heavy (non-hydrogen) atoms. The second-order valence-corrected chi connectivity index (χ2v) is 5.74. The average molecular weight is 271 g/mol. The minimum absolute atomic E-state index is 0.154. The highest BCUT2D eigenvalue weighted by Gasteiger charge is 2.19. The van der Waals surface area contributed by atoms with E-state index >= 15 is 0 Å². The molecule has 0 atom stereocenters. The Balaban J connectivity index is 2.66. The second kappa shape index (κ2) is 5.16. The van der Waals surface area contributed by atoms with Gasteiger partial charge in [0.1, 0.15) is 0 Å². The summed E-state index contributed by atoms with van der Waals surface area (Å²) in [7, 11) is 0. The molecule has 2 aromatic rings. The monoisotopic (exact) mass is 271 g/mol. The summed E-state index contributed by atoms with van der Waals surface area (Å²) in [6.07, 6.45) is 0. The number of hydrogen-bond donors (Lipinski definition) is 2. The van der Waals surface area contributed by atoms with Gasteiger partial charge in [0, 0.05) is 17.0 Å². The van der Waals surface area contributed by atoms with Gasteiger partial charge in [0.2, 0.25) is 0 Å². The maximum absolute atomic E-state index is 11.4. The molecule has 3 heteroatoms. The van der Waals surface area contributed by atoms with Gasteiger partial charge in [-0.05, 0) is 43.9 Å². The van der Waals surface area contributed by atoms with Crippen molar-refractivity contribution in [2.45, 2.75) is 40.5 Å². The standard InChI is InChI=1S/C17H21NO2/c1-9(2)16-13(17(19)20)8-14(18-16)15-11(4)6-10(3)7-12(15)5/h6-9,18H,1-5H3,(H,19,20). The Bertz CT molecular complexity index is 643. The molecule has 0 unspecified atom stereocenters. The van der Waals surface area contributed by atoms with Gasteiger partial charge in [-0.15, -0.1) is 0 Å². The maximum atomic E-state index is 11.4. The molecule has 106 valence electrons. The minimum Gasteiger partial charge on any atom is -0.478 e. The Hall–Kier alpha value is -2.03. The highest BCUT2D eigenvalue weighted by molar-refractivity contribution is 5.91. The molecule has 0 saturated heterocycles. The number of carboxylic acid groups (broad SMARTS) is 1. The van der Waals surface area contributed by atoms with Crippen molar-refractivity contribution in [1.29, 1.82) is 0 Å². The fourth-order valence-electron chi connectivity index (χ4n) is 2.84. The Morgan fingerprint density at radius 1 is 1.10 bits per heavy atom. The summed E-state index contributed by atoms with van der Waals surface area (Å²) in [6.45, 7) is 10.2. The van der Waals surface area contributed by atoms with Crippen LogP contribution < -0.4 is 0 Å². The Labute approximate surface area is 119 Å². The third kappa shape index (κ3) is 2.48. The molecule has 2 N–H and O–H groups in total. The van der Waals surface area contributed by atoms with Crippen molar-refractivity contribution in [2.24, 2.45) is 0 Å². The zero-order valence-electron chi connectivity index (χ0n) is 12.7. The van der Waals surface area contributed by atoms with Gasteiger partial charge in [-0.1, -0.05) is 31.5 Å². The number of H-pyrrole nitrogens is 1. The molecule has 3 nitrogen and oxygen atoms in total. The Morgan fingerprint density at radius 3 is 2.05 bits per heavy atom. The predicted molar refractivity (Wildman–Crippen MR) is 81.5 cm³/mol. The predicted octanol–water partition coefficient (Wildman–Crippen LogP) is 4.43. The summed E-state index contributed by atoms with van der Waals surface area (Å²) in [5, 5.41) is 9.34. The number of aromatic amines is 1. The van der Waals surface area contributed by atoms with Crippen LogP contribution in [0.2, 0.25) is 0 Å². The SMILES string of the molecule is Cc1cc(C)c(-c2cc(C(=O)O)c(C(C)C)[nH]2)c(C)c1. The van der Waals surface area contributed by atoms with Crippen molar-refractivity contribution < 1.29 is 9.90 Å². The Kier molecular flexibility index (Phi) is 3.71. The van der Waals surface area contributed by atoms with Gasteiger partial charge in [-0.2, -0.15) is 0 Å². The third-order valence-corrected chi connectivity index (χ3v) is 3.60. The first-order valence-corrected chi connectivity index (χ1v) is 6.85. The molecule has 0 bridgehead atoms. The van der Waals surface area contributed by atoms with Crippen LogP contribution in [-0.4, -0.2) is 16.1 Å². The summed E-state index contributed by atoms with van der Waals surface area (Å²) in [6, 6.07) is 6.00. The quantitative estimate of drug-likeness (QED) is 0.867. The van der Waals surface area contributed by atoms with E-state index in [2.05, 4.69) is 37.9 Å². The number of benzene rings is 1. The normalized spacial score (nSPS) is 11.1. The molecule has 0 aliphatic heterocycles. The van der Waals surface area contributed by atoms with Crippen LogP contribution in [0.4, 0.5) is 0 Å². The summed E-state index contributed by atoms with van der Waals surface area (Å²) < 4.78 is 0. The molecule has 0 radical (unpaired) electrons. The van der Waals surface area contributed by atoms with Crippen molar-refractivity contribution in [3.05, 3.63) is 46.1 Å². The lowest BCUT2D eigenvalue weighted by atomic mass is 9.97. The van der Waals surface area contributed by atoms with E-state index in [4.69, 9.17) is 0 Å². The highest BCUT2D eigenvalue weighted by atomic mass is 16.4. The van der Waals surface area contributed by atoms with Gasteiger partial charge in [0.25, 0.3) is 0 Å². The average Bonchev–Trinajstić information content (AvgIpc) is 2.72. The smallest absolute Gasteiger partial charge is 0.337 e. The molecule has 2 rings (SSSR count). The minimum atomic E-state index is -0.876. The molecule has 0 aliphatic rings. The largest absolute Gasteiger partial charge is 0.478 e. The fraction of sp³-hybridized carbons (Fsp3) is 0.353. The van der Waals surface area contributed by atoms with Crippen LogP contribution in [-0.2, 0) is 0 Å². The number of carbonyl (C=O) groups is 1.